The molecule has 0 amide bonds. The molecule has 3 rings (SSSR count). The van der Waals surface area contributed by atoms with E-state index >= 15 is 0 Å². The van der Waals surface area contributed by atoms with Crippen LogP contribution < -0.4 is 4.72 Å². The van der Waals surface area contributed by atoms with Gasteiger partial charge in [-0.3, -0.25) is 9.52 Å². The first-order chi connectivity index (χ1) is 12.3. The molecule has 0 aliphatic rings. The average Bonchev–Trinajstić information content (AvgIpc) is 2.62. The van der Waals surface area contributed by atoms with Crippen LogP contribution >= 0.6 is 11.6 Å². The Balaban J connectivity index is 1.78. The summed E-state index contributed by atoms with van der Waals surface area (Å²) in [5.41, 5.74) is 1.03. The average molecular weight is 390 g/mol. The monoisotopic (exact) mass is 389 g/mol. The zero-order valence-corrected chi connectivity index (χ0v) is 14.9. The number of hydrogen-bond donors (Lipinski definition) is 1. The molecule has 4 nitrogen and oxygen atoms in total. The predicted octanol–water partition coefficient (Wildman–Crippen LogP) is 4.51. The fourth-order valence-electron chi connectivity index (χ4n) is 2.29. The number of benzene rings is 3. The van der Waals surface area contributed by atoms with Crippen LogP contribution in [0.4, 0.5) is 10.1 Å². The number of nitrogens with one attached hydrogen (secondary N) is 1. The van der Waals surface area contributed by atoms with E-state index in [1.807, 2.05) is 0 Å². The van der Waals surface area contributed by atoms with Gasteiger partial charge in [0.05, 0.1) is 4.90 Å². The van der Waals surface area contributed by atoms with Crippen molar-refractivity contribution in [2.24, 2.45) is 0 Å². The van der Waals surface area contributed by atoms with Crippen LogP contribution in [0.15, 0.2) is 77.7 Å². The van der Waals surface area contributed by atoms with Gasteiger partial charge >= 0.3 is 0 Å². The summed E-state index contributed by atoms with van der Waals surface area (Å²) < 4.78 is 40.0. The summed E-state index contributed by atoms with van der Waals surface area (Å²) in [5.74, 6) is -0.703. The second-order valence-corrected chi connectivity index (χ2v) is 7.59. The largest absolute Gasteiger partial charge is 0.289 e. The first-order valence-electron chi connectivity index (χ1n) is 7.54. The van der Waals surface area contributed by atoms with E-state index in [2.05, 4.69) is 4.72 Å². The van der Waals surface area contributed by atoms with Crippen molar-refractivity contribution >= 4 is 33.1 Å². The molecule has 0 heterocycles. The maximum atomic E-state index is 12.9. The van der Waals surface area contributed by atoms with Crippen LogP contribution in [0.5, 0.6) is 0 Å². The van der Waals surface area contributed by atoms with Gasteiger partial charge in [0.25, 0.3) is 10.0 Å². The Kier molecular flexibility index (Phi) is 5.06. The van der Waals surface area contributed by atoms with Gasteiger partial charge in [-0.25, -0.2) is 12.8 Å². The van der Waals surface area contributed by atoms with Gasteiger partial charge in [-0.05, 0) is 72.8 Å². The predicted molar refractivity (Wildman–Crippen MR) is 98.5 cm³/mol. The molecule has 0 atom stereocenters. The molecule has 0 unspecified atom stereocenters. The lowest BCUT2D eigenvalue weighted by atomic mass is 10.0. The molecule has 0 spiro atoms. The molecule has 0 aromatic heterocycles. The summed E-state index contributed by atoms with van der Waals surface area (Å²) >= 11 is 5.76. The molecule has 0 saturated heterocycles. The highest BCUT2D eigenvalue weighted by Gasteiger charge is 2.15. The quantitative estimate of drug-likeness (QED) is 0.653. The zero-order chi connectivity index (χ0) is 18.7. The van der Waals surface area contributed by atoms with Crippen molar-refractivity contribution in [2.75, 3.05) is 4.72 Å². The third-order valence-electron chi connectivity index (χ3n) is 3.63. The number of carbonyl (C=O) groups is 1. The minimum Gasteiger partial charge on any atom is -0.289 e. The molecule has 0 radical (unpaired) electrons. The summed E-state index contributed by atoms with van der Waals surface area (Å²) in [6.45, 7) is 0. The van der Waals surface area contributed by atoms with Gasteiger partial charge in [-0.15, -0.1) is 0 Å². The Labute approximate surface area is 155 Å². The van der Waals surface area contributed by atoms with Crippen molar-refractivity contribution < 1.29 is 17.6 Å². The van der Waals surface area contributed by atoms with Crippen LogP contribution in [-0.2, 0) is 10.0 Å². The van der Waals surface area contributed by atoms with Crippen LogP contribution in [0, 0.1) is 5.82 Å². The van der Waals surface area contributed by atoms with Gasteiger partial charge < -0.3 is 0 Å². The van der Waals surface area contributed by atoms with Crippen LogP contribution in [0.1, 0.15) is 15.9 Å². The van der Waals surface area contributed by atoms with Gasteiger partial charge in [0.15, 0.2) is 5.78 Å². The maximum absolute atomic E-state index is 12.9. The lowest BCUT2D eigenvalue weighted by molar-refractivity contribution is 0.103. The SMILES string of the molecule is O=C(c1ccc(F)cc1)c1ccc(NS(=O)(=O)c2ccc(Cl)cc2)cc1. The Morgan fingerprint density at radius 1 is 0.808 bits per heavy atom. The lowest BCUT2D eigenvalue weighted by Crippen LogP contribution is -2.13. The zero-order valence-electron chi connectivity index (χ0n) is 13.3. The van der Waals surface area contributed by atoms with Crippen LogP contribution in [0.3, 0.4) is 0 Å². The number of ketones is 1. The van der Waals surface area contributed by atoms with E-state index in [1.165, 1.54) is 72.8 Å². The van der Waals surface area contributed by atoms with Crippen LogP contribution in [0.2, 0.25) is 5.02 Å². The Bertz CT molecular complexity index is 1030. The third kappa shape index (κ3) is 4.09. The smallest absolute Gasteiger partial charge is 0.261 e. The van der Waals surface area contributed by atoms with Crippen molar-refractivity contribution in [1.82, 2.24) is 0 Å². The highest BCUT2D eigenvalue weighted by Crippen LogP contribution is 2.19. The fraction of sp³-hybridized carbons (Fsp3) is 0. The highest BCUT2D eigenvalue weighted by molar-refractivity contribution is 7.92. The molecule has 0 aliphatic carbocycles. The molecule has 0 bridgehead atoms. The number of anilines is 1. The van der Waals surface area contributed by atoms with Gasteiger partial charge in [-0.2, -0.15) is 0 Å². The normalized spacial score (nSPS) is 11.2. The molecule has 26 heavy (non-hydrogen) atoms. The maximum Gasteiger partial charge on any atom is 0.261 e. The number of rotatable bonds is 5. The van der Waals surface area contributed by atoms with Gasteiger partial charge in [0, 0.05) is 21.8 Å². The second kappa shape index (κ2) is 7.27. The molecular formula is C19H13ClFNO3S. The first-order valence-corrected chi connectivity index (χ1v) is 9.40. The second-order valence-electron chi connectivity index (χ2n) is 5.47. The highest BCUT2D eigenvalue weighted by atomic mass is 35.5. The molecule has 0 saturated carbocycles. The minimum atomic E-state index is -3.76. The molecule has 3 aromatic carbocycles. The van der Waals surface area contributed by atoms with E-state index in [1.54, 1.807) is 0 Å². The van der Waals surface area contributed by atoms with Gasteiger partial charge in [0.2, 0.25) is 0 Å². The fourth-order valence-corrected chi connectivity index (χ4v) is 3.47. The van der Waals surface area contributed by atoms with E-state index in [-0.39, 0.29) is 10.7 Å². The summed E-state index contributed by atoms with van der Waals surface area (Å²) in [7, 11) is -3.76. The van der Waals surface area contributed by atoms with Gasteiger partial charge in [-0.1, -0.05) is 11.6 Å². The van der Waals surface area contributed by atoms with E-state index < -0.39 is 15.8 Å². The first kappa shape index (κ1) is 18.1. The number of halogens is 2. The van der Waals surface area contributed by atoms with E-state index in [0.29, 0.717) is 21.8 Å². The van der Waals surface area contributed by atoms with Crippen molar-refractivity contribution in [3.05, 3.63) is 94.8 Å². The lowest BCUT2D eigenvalue weighted by Gasteiger charge is -2.09. The number of hydrogen-bond acceptors (Lipinski definition) is 3. The molecule has 7 heteroatoms. The number of carbonyl (C=O) groups excluding carboxylic acids is 1. The van der Waals surface area contributed by atoms with Gasteiger partial charge in [0.1, 0.15) is 5.82 Å². The van der Waals surface area contributed by atoms with Crippen molar-refractivity contribution in [3.63, 3.8) is 0 Å². The standard InChI is InChI=1S/C19H13ClFNO3S/c20-15-5-11-18(12-6-15)26(24,25)22-17-9-3-14(4-10-17)19(23)13-1-7-16(21)8-2-13/h1-12,22H. The molecule has 0 aliphatic heterocycles. The Morgan fingerprint density at radius 3 is 1.85 bits per heavy atom. The molecule has 132 valence electrons. The van der Waals surface area contributed by atoms with Crippen LogP contribution in [-0.4, -0.2) is 14.2 Å². The summed E-state index contributed by atoms with van der Waals surface area (Å²) in [6, 6.07) is 17.0. The van der Waals surface area contributed by atoms with Crippen molar-refractivity contribution in [2.45, 2.75) is 4.90 Å². The summed E-state index contributed by atoms with van der Waals surface area (Å²) in [6.07, 6.45) is 0. The van der Waals surface area contributed by atoms with Crippen LogP contribution in [0.25, 0.3) is 0 Å². The minimum absolute atomic E-state index is 0.0772. The topological polar surface area (TPSA) is 63.2 Å². The van der Waals surface area contributed by atoms with E-state index in [9.17, 15) is 17.6 Å². The summed E-state index contributed by atoms with van der Waals surface area (Å²) in [5, 5.41) is 0.438. The molecular weight excluding hydrogens is 377 g/mol. The molecule has 0 fully saturated rings. The van der Waals surface area contributed by atoms with E-state index in [4.69, 9.17) is 11.6 Å². The van der Waals surface area contributed by atoms with Crippen molar-refractivity contribution in [3.8, 4) is 0 Å². The van der Waals surface area contributed by atoms with E-state index in [0.717, 1.165) is 0 Å². The Morgan fingerprint density at radius 2 is 1.31 bits per heavy atom. The molecule has 3 aromatic rings. The third-order valence-corrected chi connectivity index (χ3v) is 5.28. The summed E-state index contributed by atoms with van der Waals surface area (Å²) in [4.78, 5) is 12.4. The molecule has 1 N–H and O–H groups in total. The Hall–Kier alpha value is -2.70. The number of sulfonamides is 1. The van der Waals surface area contributed by atoms with Crippen molar-refractivity contribution in [1.29, 1.82) is 0 Å².